The van der Waals surface area contributed by atoms with Crippen LogP contribution in [-0.4, -0.2) is 0 Å². The Balaban J connectivity index is 2.84. The third-order valence-corrected chi connectivity index (χ3v) is 4.69. The molecular weight excluding hydrogens is 168 g/mol. The fourth-order valence-electron chi connectivity index (χ4n) is 3.77. The van der Waals surface area contributed by atoms with Crippen LogP contribution in [0.25, 0.3) is 0 Å². The van der Waals surface area contributed by atoms with E-state index >= 15 is 0 Å². The zero-order valence-electron chi connectivity index (χ0n) is 10.6. The van der Waals surface area contributed by atoms with Gasteiger partial charge >= 0.3 is 0 Å². The number of hydrogen-bond acceptors (Lipinski definition) is 0. The van der Waals surface area contributed by atoms with Gasteiger partial charge in [-0.15, -0.1) is 6.58 Å². The smallest absolute Gasteiger partial charge is 0.00306 e. The van der Waals surface area contributed by atoms with Gasteiger partial charge in [0.25, 0.3) is 0 Å². The van der Waals surface area contributed by atoms with Crippen LogP contribution in [0.3, 0.4) is 0 Å². The van der Waals surface area contributed by atoms with Crippen LogP contribution in [0, 0.1) is 22.7 Å². The maximum Gasteiger partial charge on any atom is -0.00306 e. The van der Waals surface area contributed by atoms with Gasteiger partial charge < -0.3 is 0 Å². The van der Waals surface area contributed by atoms with Gasteiger partial charge in [0.05, 0.1) is 0 Å². The van der Waals surface area contributed by atoms with E-state index in [0.29, 0.717) is 10.8 Å². The minimum absolute atomic E-state index is 0.442. The summed E-state index contributed by atoms with van der Waals surface area (Å²) in [7, 11) is 0. The Labute approximate surface area is 89.8 Å². The largest absolute Gasteiger partial charge is 0.102 e. The minimum atomic E-state index is 0.442. The molecule has 0 aliphatic heterocycles. The number of allylic oxidation sites excluding steroid dienone is 1. The summed E-state index contributed by atoms with van der Waals surface area (Å²) >= 11 is 0. The summed E-state index contributed by atoms with van der Waals surface area (Å²) < 4.78 is 0. The molecule has 0 heteroatoms. The van der Waals surface area contributed by atoms with E-state index in [-0.39, 0.29) is 0 Å². The molecule has 1 fully saturated rings. The van der Waals surface area contributed by atoms with Crippen molar-refractivity contribution < 1.29 is 0 Å². The fourth-order valence-corrected chi connectivity index (χ4v) is 3.77. The van der Waals surface area contributed by atoms with Gasteiger partial charge in [-0.05, 0) is 29.1 Å². The summed E-state index contributed by atoms with van der Waals surface area (Å²) in [5.74, 6) is 1.70. The summed E-state index contributed by atoms with van der Waals surface area (Å²) in [6.07, 6.45) is 6.14. The highest BCUT2D eigenvalue weighted by Crippen LogP contribution is 2.74. The maximum absolute atomic E-state index is 4.08. The molecule has 3 unspecified atom stereocenters. The lowest BCUT2D eigenvalue weighted by Gasteiger charge is -2.15. The number of rotatable bonds is 5. The zero-order chi connectivity index (χ0) is 11.0. The Morgan fingerprint density at radius 2 is 1.93 bits per heavy atom. The maximum atomic E-state index is 4.08. The van der Waals surface area contributed by atoms with Crippen molar-refractivity contribution in [2.75, 3.05) is 0 Å². The first kappa shape index (κ1) is 11.8. The molecule has 0 N–H and O–H groups in total. The van der Waals surface area contributed by atoms with Gasteiger partial charge in [-0.3, -0.25) is 0 Å². The van der Waals surface area contributed by atoms with Crippen LogP contribution in [0.15, 0.2) is 12.7 Å². The SMILES string of the molecule is C=CC1(CCC)C(C(C)CC)C1(C)C. The van der Waals surface area contributed by atoms with Crippen molar-refractivity contribution >= 4 is 0 Å². The summed E-state index contributed by atoms with van der Waals surface area (Å²) in [5.41, 5.74) is 0.928. The van der Waals surface area contributed by atoms with E-state index in [2.05, 4.69) is 47.3 Å². The highest BCUT2D eigenvalue weighted by atomic mass is 14.7. The summed E-state index contributed by atoms with van der Waals surface area (Å²) in [6, 6.07) is 0. The van der Waals surface area contributed by atoms with Crippen LogP contribution in [0.2, 0.25) is 0 Å². The van der Waals surface area contributed by atoms with Crippen molar-refractivity contribution in [1.29, 1.82) is 0 Å². The van der Waals surface area contributed by atoms with Crippen molar-refractivity contribution in [2.24, 2.45) is 22.7 Å². The summed E-state index contributed by atoms with van der Waals surface area (Å²) in [4.78, 5) is 0. The molecule has 0 radical (unpaired) electrons. The van der Waals surface area contributed by atoms with Crippen molar-refractivity contribution in [3.8, 4) is 0 Å². The average Bonchev–Trinajstić information content (AvgIpc) is 2.63. The molecule has 0 spiro atoms. The molecule has 3 atom stereocenters. The molecule has 0 aromatic heterocycles. The molecule has 82 valence electrons. The Bertz CT molecular complexity index is 214. The zero-order valence-corrected chi connectivity index (χ0v) is 10.6. The molecule has 0 nitrogen and oxygen atoms in total. The second kappa shape index (κ2) is 3.72. The lowest BCUT2D eigenvalue weighted by molar-refractivity contribution is 0.399. The van der Waals surface area contributed by atoms with Crippen LogP contribution in [-0.2, 0) is 0 Å². The average molecular weight is 194 g/mol. The van der Waals surface area contributed by atoms with E-state index in [4.69, 9.17) is 0 Å². The lowest BCUT2D eigenvalue weighted by atomic mass is 9.89. The van der Waals surface area contributed by atoms with Crippen molar-refractivity contribution in [3.05, 3.63) is 12.7 Å². The third kappa shape index (κ3) is 1.34. The van der Waals surface area contributed by atoms with E-state index < -0.39 is 0 Å². The van der Waals surface area contributed by atoms with Crippen molar-refractivity contribution in [3.63, 3.8) is 0 Å². The predicted octanol–water partition coefficient (Wildman–Crippen LogP) is 4.66. The first-order chi connectivity index (χ1) is 6.47. The second-order valence-electron chi connectivity index (χ2n) is 5.58. The fraction of sp³-hybridized carbons (Fsp3) is 0.857. The van der Waals surface area contributed by atoms with Crippen molar-refractivity contribution in [1.82, 2.24) is 0 Å². The lowest BCUT2D eigenvalue weighted by Crippen LogP contribution is -2.06. The van der Waals surface area contributed by atoms with Crippen LogP contribution in [0.1, 0.15) is 53.9 Å². The molecule has 0 bridgehead atoms. The monoisotopic (exact) mass is 194 g/mol. The van der Waals surface area contributed by atoms with Gasteiger partial charge in [-0.2, -0.15) is 0 Å². The van der Waals surface area contributed by atoms with E-state index in [9.17, 15) is 0 Å². The topological polar surface area (TPSA) is 0 Å². The molecule has 1 rings (SSSR count). The van der Waals surface area contributed by atoms with Crippen LogP contribution in [0.4, 0.5) is 0 Å². The molecule has 0 aromatic carbocycles. The van der Waals surface area contributed by atoms with Gasteiger partial charge in [0.1, 0.15) is 0 Å². The van der Waals surface area contributed by atoms with E-state index in [1.807, 2.05) is 0 Å². The van der Waals surface area contributed by atoms with Gasteiger partial charge in [-0.1, -0.05) is 53.5 Å². The number of hydrogen-bond donors (Lipinski definition) is 0. The Hall–Kier alpha value is -0.260. The van der Waals surface area contributed by atoms with Gasteiger partial charge in [0.15, 0.2) is 0 Å². The first-order valence-corrected chi connectivity index (χ1v) is 6.11. The van der Waals surface area contributed by atoms with Crippen molar-refractivity contribution in [2.45, 2.75) is 53.9 Å². The second-order valence-corrected chi connectivity index (χ2v) is 5.58. The molecule has 1 aliphatic rings. The predicted molar refractivity (Wildman–Crippen MR) is 64.3 cm³/mol. The van der Waals surface area contributed by atoms with Gasteiger partial charge in [0.2, 0.25) is 0 Å². The van der Waals surface area contributed by atoms with E-state index in [0.717, 1.165) is 11.8 Å². The molecular formula is C14H26. The Kier molecular flexibility index (Phi) is 3.13. The minimum Gasteiger partial charge on any atom is -0.102 e. The summed E-state index contributed by atoms with van der Waals surface area (Å²) in [6.45, 7) is 15.9. The third-order valence-electron chi connectivity index (χ3n) is 4.69. The summed E-state index contributed by atoms with van der Waals surface area (Å²) in [5, 5.41) is 0. The quantitative estimate of drug-likeness (QED) is 0.558. The van der Waals surface area contributed by atoms with Crippen LogP contribution >= 0.6 is 0 Å². The standard InChI is InChI=1S/C14H26/c1-7-10-14(9-3)12(11(4)8-2)13(14,5)6/h9,11-12H,3,7-8,10H2,1-2,4-6H3. The van der Waals surface area contributed by atoms with E-state index in [1.54, 1.807) is 0 Å². The molecule has 1 saturated carbocycles. The molecule has 1 aliphatic carbocycles. The normalized spacial score (nSPS) is 36.5. The molecule has 14 heavy (non-hydrogen) atoms. The highest BCUT2D eigenvalue weighted by Gasteiger charge is 2.68. The Morgan fingerprint density at radius 1 is 1.36 bits per heavy atom. The molecule has 0 saturated heterocycles. The van der Waals surface area contributed by atoms with Gasteiger partial charge in [-0.25, -0.2) is 0 Å². The van der Waals surface area contributed by atoms with Gasteiger partial charge in [0, 0.05) is 0 Å². The first-order valence-electron chi connectivity index (χ1n) is 6.11. The van der Waals surface area contributed by atoms with Crippen LogP contribution in [0.5, 0.6) is 0 Å². The Morgan fingerprint density at radius 3 is 2.29 bits per heavy atom. The molecule has 0 aromatic rings. The highest BCUT2D eigenvalue weighted by molar-refractivity contribution is 5.25. The van der Waals surface area contributed by atoms with Crippen LogP contribution < -0.4 is 0 Å². The van der Waals surface area contributed by atoms with E-state index in [1.165, 1.54) is 19.3 Å². The molecule has 0 heterocycles. The molecule has 0 amide bonds.